The average molecular weight is 310 g/mol. The number of amides is 1. The maximum Gasteiger partial charge on any atom is 1.00 e. The molecule has 0 aliphatic carbocycles. The summed E-state index contributed by atoms with van der Waals surface area (Å²) in [6.45, 7) is 1.38. The van der Waals surface area contributed by atoms with Crippen LogP contribution in [0.15, 0.2) is 30.5 Å². The molecule has 2 aromatic rings. The molecule has 2 rings (SSSR count). The molecule has 1 aromatic heterocycles. The van der Waals surface area contributed by atoms with E-state index in [1.54, 1.807) is 12.1 Å². The number of ketones is 1. The summed E-state index contributed by atoms with van der Waals surface area (Å²) in [6, 6.07) is 5.92. The number of nitrogens with one attached hydrogen (secondary N) is 2. The van der Waals surface area contributed by atoms with Crippen LogP contribution in [0.1, 0.15) is 31.4 Å². The number of rotatable bonds is 6. The molecule has 22 heavy (non-hydrogen) atoms. The monoisotopic (exact) mass is 310 g/mol. The fourth-order valence-corrected chi connectivity index (χ4v) is 2.12. The second-order valence-electron chi connectivity index (χ2n) is 4.81. The molecule has 2 N–H and O–H groups in total. The molecule has 1 aromatic carbocycles. The predicted octanol–water partition coefficient (Wildman–Crippen LogP) is -2.55. The number of aromatic amines is 1. The number of para-hydroxylation sites is 1. The molecular weight excluding hydrogens is 295 g/mol. The van der Waals surface area contributed by atoms with Crippen molar-refractivity contribution in [3.8, 4) is 0 Å². The number of carboxylic acids is 1. The Morgan fingerprint density at radius 1 is 1.23 bits per heavy atom. The van der Waals surface area contributed by atoms with E-state index in [0.717, 1.165) is 5.52 Å². The van der Waals surface area contributed by atoms with Crippen LogP contribution in [-0.2, 0) is 14.4 Å². The summed E-state index contributed by atoms with van der Waals surface area (Å²) in [7, 11) is 0. The molecule has 1 heterocycles. The van der Waals surface area contributed by atoms with Crippen molar-refractivity contribution in [1.29, 1.82) is 0 Å². The second kappa shape index (κ2) is 8.12. The summed E-state index contributed by atoms with van der Waals surface area (Å²) in [6.07, 6.45) is 1.58. The molecule has 1 unspecified atom stereocenters. The van der Waals surface area contributed by atoms with Gasteiger partial charge >= 0.3 is 29.6 Å². The molecule has 1 atom stereocenters. The van der Waals surface area contributed by atoms with Gasteiger partial charge in [0.1, 0.15) is 5.78 Å². The number of carbonyl (C=O) groups is 3. The van der Waals surface area contributed by atoms with Gasteiger partial charge in [-0.2, -0.15) is 0 Å². The van der Waals surface area contributed by atoms with E-state index >= 15 is 0 Å². The smallest absolute Gasteiger partial charge is 0.548 e. The van der Waals surface area contributed by atoms with Crippen molar-refractivity contribution >= 4 is 28.6 Å². The van der Waals surface area contributed by atoms with E-state index in [9.17, 15) is 19.5 Å². The first kappa shape index (κ1) is 18.4. The van der Waals surface area contributed by atoms with Crippen molar-refractivity contribution in [2.24, 2.45) is 0 Å². The minimum atomic E-state index is -1.39. The Balaban J connectivity index is 0.00000242. The average Bonchev–Trinajstić information content (AvgIpc) is 2.86. The number of benzene rings is 1. The number of fused-ring (bicyclic) bond motifs is 1. The molecule has 0 spiro atoms. The predicted molar refractivity (Wildman–Crippen MR) is 74.1 cm³/mol. The third kappa shape index (κ3) is 4.43. The van der Waals surface area contributed by atoms with Crippen LogP contribution in [0.2, 0.25) is 0 Å². The van der Waals surface area contributed by atoms with Crippen molar-refractivity contribution in [3.05, 3.63) is 36.0 Å². The minimum absolute atomic E-state index is 0. The minimum Gasteiger partial charge on any atom is -0.548 e. The van der Waals surface area contributed by atoms with Gasteiger partial charge in [-0.1, -0.05) is 18.2 Å². The third-order valence-corrected chi connectivity index (χ3v) is 3.18. The van der Waals surface area contributed by atoms with Gasteiger partial charge in [0.25, 0.3) is 0 Å². The molecule has 7 heteroatoms. The van der Waals surface area contributed by atoms with Crippen LogP contribution < -0.4 is 40.0 Å². The number of hydrogen-bond donors (Lipinski definition) is 2. The van der Waals surface area contributed by atoms with Crippen LogP contribution in [0.4, 0.5) is 0 Å². The second-order valence-corrected chi connectivity index (χ2v) is 4.81. The van der Waals surface area contributed by atoms with Gasteiger partial charge in [-0.15, -0.1) is 0 Å². The molecule has 110 valence electrons. The van der Waals surface area contributed by atoms with Crippen molar-refractivity contribution in [2.75, 3.05) is 0 Å². The van der Waals surface area contributed by atoms with Crippen LogP contribution in [0.5, 0.6) is 0 Å². The molecule has 0 saturated heterocycles. The number of aliphatic carboxylic acids is 1. The van der Waals surface area contributed by atoms with Crippen molar-refractivity contribution in [2.45, 2.75) is 25.8 Å². The van der Waals surface area contributed by atoms with Gasteiger partial charge in [0.2, 0.25) is 5.91 Å². The first-order chi connectivity index (χ1) is 9.99. The van der Waals surface area contributed by atoms with Gasteiger partial charge in [-0.05, 0) is 13.0 Å². The van der Waals surface area contributed by atoms with E-state index in [2.05, 4.69) is 10.3 Å². The number of Topliss-reactive ketones (excluding diaryl/α,β-unsaturated/α-hetero) is 1. The van der Waals surface area contributed by atoms with Crippen LogP contribution in [0, 0.1) is 0 Å². The molecule has 0 aliphatic rings. The maximum absolute atomic E-state index is 11.7. The molecule has 6 nitrogen and oxygen atoms in total. The molecule has 0 fully saturated rings. The molecular formula is C15H15N2NaO4. The van der Waals surface area contributed by atoms with Crippen molar-refractivity contribution in [1.82, 2.24) is 10.3 Å². The molecule has 0 aliphatic heterocycles. The van der Waals surface area contributed by atoms with Gasteiger partial charge in [0, 0.05) is 35.5 Å². The van der Waals surface area contributed by atoms with Crippen LogP contribution in [-0.4, -0.2) is 22.6 Å². The fourth-order valence-electron chi connectivity index (χ4n) is 2.12. The van der Waals surface area contributed by atoms with E-state index in [0.29, 0.717) is 10.9 Å². The van der Waals surface area contributed by atoms with Crippen LogP contribution >= 0.6 is 0 Å². The van der Waals surface area contributed by atoms with Gasteiger partial charge in [-0.3, -0.25) is 4.79 Å². The zero-order valence-electron chi connectivity index (χ0n) is 12.5. The summed E-state index contributed by atoms with van der Waals surface area (Å²) in [5.41, 5.74) is 1.21. The van der Waals surface area contributed by atoms with Gasteiger partial charge in [0.05, 0.1) is 12.0 Å². The Labute approximate surface area is 149 Å². The maximum atomic E-state index is 11.7. The van der Waals surface area contributed by atoms with E-state index in [4.69, 9.17) is 0 Å². The largest absolute Gasteiger partial charge is 1.00 e. The Bertz CT molecular complexity index is 696. The van der Waals surface area contributed by atoms with Crippen LogP contribution in [0.3, 0.4) is 0 Å². The van der Waals surface area contributed by atoms with Gasteiger partial charge in [0.15, 0.2) is 0 Å². The molecule has 0 radical (unpaired) electrons. The zero-order chi connectivity index (χ0) is 15.4. The van der Waals surface area contributed by atoms with Crippen molar-refractivity contribution in [3.63, 3.8) is 0 Å². The van der Waals surface area contributed by atoms with Gasteiger partial charge < -0.3 is 25.0 Å². The third-order valence-electron chi connectivity index (χ3n) is 3.18. The summed E-state index contributed by atoms with van der Waals surface area (Å²) in [5.74, 6) is -2.01. The van der Waals surface area contributed by atoms with Crippen LogP contribution in [0.25, 0.3) is 10.9 Å². The number of aromatic nitrogens is 1. The normalized spacial score (nSPS) is 11.5. The Hall–Kier alpha value is -1.63. The summed E-state index contributed by atoms with van der Waals surface area (Å²) >= 11 is 0. The zero-order valence-corrected chi connectivity index (χ0v) is 14.5. The fraction of sp³-hybridized carbons (Fsp3) is 0.267. The first-order valence-corrected chi connectivity index (χ1v) is 6.54. The number of carbonyl (C=O) groups excluding carboxylic acids is 3. The number of hydrogen-bond acceptors (Lipinski definition) is 4. The first-order valence-electron chi connectivity index (χ1n) is 6.54. The van der Waals surface area contributed by atoms with E-state index in [1.165, 1.54) is 13.1 Å². The summed E-state index contributed by atoms with van der Waals surface area (Å²) in [5, 5.41) is 14.4. The quantitative estimate of drug-likeness (QED) is 0.573. The van der Waals surface area contributed by atoms with E-state index in [1.807, 2.05) is 12.1 Å². The Morgan fingerprint density at radius 3 is 2.55 bits per heavy atom. The number of carboxylic acid groups (broad SMARTS) is 1. The molecule has 0 saturated carbocycles. The summed E-state index contributed by atoms with van der Waals surface area (Å²) < 4.78 is 0. The van der Waals surface area contributed by atoms with Gasteiger partial charge in [-0.25, -0.2) is 0 Å². The SMILES string of the molecule is CC(=O)CCC(=O)NC(C(=O)[O-])c1c[nH]c2ccccc12.[Na+]. The topological polar surface area (TPSA) is 102 Å². The summed E-state index contributed by atoms with van der Waals surface area (Å²) in [4.78, 5) is 36.8. The molecule has 1 amide bonds. The van der Waals surface area contributed by atoms with E-state index < -0.39 is 17.9 Å². The van der Waals surface area contributed by atoms with E-state index in [-0.39, 0.29) is 48.2 Å². The Kier molecular flexibility index (Phi) is 6.80. The molecule has 0 bridgehead atoms. The standard InChI is InChI=1S/C15H16N2O4.Na/c1-9(18)6-7-13(19)17-14(15(20)21)11-8-16-12-5-3-2-4-10(11)12;/h2-5,8,14,16H,6-7H2,1H3,(H,17,19)(H,20,21);/q;+1/p-1. The number of H-pyrrole nitrogens is 1. The van der Waals surface area contributed by atoms with Crippen molar-refractivity contribution < 1.29 is 49.0 Å². The Morgan fingerprint density at radius 2 is 1.91 bits per heavy atom.